The number of thioether (sulfide) groups is 1. The van der Waals surface area contributed by atoms with Crippen molar-refractivity contribution in [3.05, 3.63) is 6.33 Å². The highest BCUT2D eigenvalue weighted by atomic mass is 79.9. The van der Waals surface area contributed by atoms with Gasteiger partial charge in [0, 0.05) is 18.1 Å². The lowest BCUT2D eigenvalue weighted by molar-refractivity contribution is 0.644. The second-order valence-electron chi connectivity index (χ2n) is 2.91. The smallest absolute Gasteiger partial charge is 0.185 e. The second kappa shape index (κ2) is 5.65. The summed E-state index contributed by atoms with van der Waals surface area (Å²) < 4.78 is 1.81. The zero-order valence-electron chi connectivity index (χ0n) is 7.90. The third-order valence-electron chi connectivity index (χ3n) is 1.91. The van der Waals surface area contributed by atoms with Gasteiger partial charge < -0.3 is 0 Å². The van der Waals surface area contributed by atoms with Gasteiger partial charge >= 0.3 is 0 Å². The summed E-state index contributed by atoms with van der Waals surface area (Å²) in [5, 5.41) is 6.08. The van der Waals surface area contributed by atoms with Crippen LogP contribution >= 0.6 is 27.7 Å². The Balaban J connectivity index is 2.38. The van der Waals surface area contributed by atoms with Crippen molar-refractivity contribution in [2.45, 2.75) is 18.5 Å². The Labute approximate surface area is 91.4 Å². The summed E-state index contributed by atoms with van der Waals surface area (Å²) in [5.41, 5.74) is 0. The molecule has 0 saturated carbocycles. The molecule has 1 atom stereocenters. The molecule has 0 radical (unpaired) electrons. The maximum absolute atomic E-state index is 4.16. The Morgan fingerprint density at radius 1 is 1.69 bits per heavy atom. The fraction of sp³-hybridized carbons (Fsp3) is 0.750. The molecule has 1 heterocycles. The summed E-state index contributed by atoms with van der Waals surface area (Å²) in [7, 11) is 1.92. The quantitative estimate of drug-likeness (QED) is 0.604. The number of halogens is 1. The van der Waals surface area contributed by atoms with Crippen LogP contribution in [0.2, 0.25) is 0 Å². The van der Waals surface area contributed by atoms with E-state index in [0.29, 0.717) is 0 Å². The monoisotopic (exact) mass is 263 g/mol. The van der Waals surface area contributed by atoms with Crippen LogP contribution in [0.3, 0.4) is 0 Å². The number of aromatic nitrogens is 3. The number of alkyl halides is 1. The van der Waals surface area contributed by atoms with E-state index in [-0.39, 0.29) is 0 Å². The van der Waals surface area contributed by atoms with Gasteiger partial charge in [-0.3, -0.25) is 0 Å². The van der Waals surface area contributed by atoms with E-state index < -0.39 is 0 Å². The molecule has 13 heavy (non-hydrogen) atoms. The molecule has 0 fully saturated rings. The van der Waals surface area contributed by atoms with E-state index in [4.69, 9.17) is 0 Å². The summed E-state index contributed by atoms with van der Waals surface area (Å²) in [6.45, 7) is 2.21. The van der Waals surface area contributed by atoms with Crippen LogP contribution in [0.1, 0.15) is 13.3 Å². The predicted molar refractivity (Wildman–Crippen MR) is 59.3 cm³/mol. The molecule has 0 N–H and O–H groups in total. The molecule has 1 rings (SSSR count). The minimum atomic E-state index is 0.724. The molecular weight excluding hydrogens is 250 g/mol. The highest BCUT2D eigenvalue weighted by Gasteiger charge is 2.07. The van der Waals surface area contributed by atoms with Gasteiger partial charge in [-0.25, -0.2) is 9.67 Å². The molecule has 0 bridgehead atoms. The van der Waals surface area contributed by atoms with E-state index in [2.05, 4.69) is 32.9 Å². The fourth-order valence-corrected chi connectivity index (χ4v) is 2.96. The molecular formula is C8H14BrN3S. The maximum atomic E-state index is 4.16. The number of aryl methyl sites for hydroxylation is 1. The molecule has 3 nitrogen and oxygen atoms in total. The van der Waals surface area contributed by atoms with Crippen LogP contribution in [-0.2, 0) is 7.05 Å². The van der Waals surface area contributed by atoms with Crippen LogP contribution in [0, 0.1) is 5.92 Å². The molecule has 0 aromatic carbocycles. The van der Waals surface area contributed by atoms with Gasteiger partial charge in [0.2, 0.25) is 0 Å². The summed E-state index contributed by atoms with van der Waals surface area (Å²) in [6, 6.07) is 0. The van der Waals surface area contributed by atoms with Crippen LogP contribution in [0.25, 0.3) is 0 Å². The Kier molecular flexibility index (Phi) is 4.80. The van der Waals surface area contributed by atoms with E-state index in [1.807, 2.05) is 11.7 Å². The summed E-state index contributed by atoms with van der Waals surface area (Å²) in [6.07, 6.45) is 2.80. The molecule has 74 valence electrons. The van der Waals surface area contributed by atoms with Crippen molar-refractivity contribution in [3.63, 3.8) is 0 Å². The molecule has 5 heteroatoms. The molecule has 0 aliphatic carbocycles. The van der Waals surface area contributed by atoms with Gasteiger partial charge in [-0.05, 0) is 5.92 Å². The van der Waals surface area contributed by atoms with Crippen molar-refractivity contribution in [2.24, 2.45) is 13.0 Å². The van der Waals surface area contributed by atoms with Crippen LogP contribution in [0.4, 0.5) is 0 Å². The zero-order chi connectivity index (χ0) is 9.68. The molecule has 1 aromatic rings. The van der Waals surface area contributed by atoms with Gasteiger partial charge in [0.05, 0.1) is 0 Å². The van der Waals surface area contributed by atoms with E-state index in [9.17, 15) is 0 Å². The largest absolute Gasteiger partial charge is 0.244 e. The second-order valence-corrected chi connectivity index (χ2v) is 4.54. The van der Waals surface area contributed by atoms with Crippen molar-refractivity contribution >= 4 is 27.7 Å². The first-order chi connectivity index (χ1) is 6.27. The van der Waals surface area contributed by atoms with E-state index in [0.717, 1.165) is 22.2 Å². The molecule has 0 amide bonds. The standard InChI is InChI=1S/C8H14BrN3S/c1-3-7(4-9)5-13-8-10-6-11-12(8)2/h6-7H,3-5H2,1-2H3. The lowest BCUT2D eigenvalue weighted by atomic mass is 10.2. The normalized spacial score (nSPS) is 13.2. The third-order valence-corrected chi connectivity index (χ3v) is 4.10. The van der Waals surface area contributed by atoms with E-state index in [1.54, 1.807) is 18.1 Å². The Bertz CT molecular complexity index is 247. The average molecular weight is 264 g/mol. The first-order valence-corrected chi connectivity index (χ1v) is 6.41. The number of hydrogen-bond acceptors (Lipinski definition) is 3. The topological polar surface area (TPSA) is 30.7 Å². The molecule has 1 aromatic heterocycles. The Morgan fingerprint density at radius 3 is 2.92 bits per heavy atom. The lowest BCUT2D eigenvalue weighted by Gasteiger charge is -2.09. The Morgan fingerprint density at radius 2 is 2.46 bits per heavy atom. The van der Waals surface area contributed by atoms with Gasteiger partial charge in [-0.1, -0.05) is 41.0 Å². The lowest BCUT2D eigenvalue weighted by Crippen LogP contribution is -2.04. The van der Waals surface area contributed by atoms with Crippen molar-refractivity contribution in [1.82, 2.24) is 14.8 Å². The molecule has 1 unspecified atom stereocenters. The van der Waals surface area contributed by atoms with E-state index in [1.165, 1.54) is 6.42 Å². The van der Waals surface area contributed by atoms with Crippen LogP contribution < -0.4 is 0 Å². The fourth-order valence-electron chi connectivity index (χ4n) is 0.880. The van der Waals surface area contributed by atoms with Crippen LogP contribution in [0.15, 0.2) is 11.5 Å². The van der Waals surface area contributed by atoms with Gasteiger partial charge in [-0.2, -0.15) is 5.10 Å². The van der Waals surface area contributed by atoms with Gasteiger partial charge in [0.15, 0.2) is 5.16 Å². The van der Waals surface area contributed by atoms with Crippen molar-refractivity contribution in [3.8, 4) is 0 Å². The number of hydrogen-bond donors (Lipinski definition) is 0. The van der Waals surface area contributed by atoms with Gasteiger partial charge in [0.25, 0.3) is 0 Å². The van der Waals surface area contributed by atoms with Crippen molar-refractivity contribution in [1.29, 1.82) is 0 Å². The number of nitrogens with zero attached hydrogens (tertiary/aromatic N) is 3. The van der Waals surface area contributed by atoms with Crippen molar-refractivity contribution in [2.75, 3.05) is 11.1 Å². The minimum Gasteiger partial charge on any atom is -0.244 e. The molecule has 0 saturated heterocycles. The minimum absolute atomic E-state index is 0.724. The molecule has 0 aliphatic rings. The van der Waals surface area contributed by atoms with Crippen LogP contribution in [-0.4, -0.2) is 25.8 Å². The highest BCUT2D eigenvalue weighted by Crippen LogP contribution is 2.20. The molecule has 0 aliphatic heterocycles. The predicted octanol–water partition coefficient (Wildman–Crippen LogP) is 2.33. The summed E-state index contributed by atoms with van der Waals surface area (Å²) in [5.74, 6) is 1.83. The maximum Gasteiger partial charge on any atom is 0.185 e. The zero-order valence-corrected chi connectivity index (χ0v) is 10.3. The first kappa shape index (κ1) is 11.0. The first-order valence-electron chi connectivity index (χ1n) is 4.30. The van der Waals surface area contributed by atoms with Gasteiger partial charge in [-0.15, -0.1) is 0 Å². The average Bonchev–Trinajstić information content (AvgIpc) is 2.54. The van der Waals surface area contributed by atoms with E-state index >= 15 is 0 Å². The third kappa shape index (κ3) is 3.31. The summed E-state index contributed by atoms with van der Waals surface area (Å²) >= 11 is 5.27. The molecule has 0 spiro atoms. The number of rotatable bonds is 5. The SMILES string of the molecule is CCC(CBr)CSc1ncnn1C. The Hall–Kier alpha value is -0.0300. The van der Waals surface area contributed by atoms with Crippen LogP contribution in [0.5, 0.6) is 0 Å². The highest BCUT2D eigenvalue weighted by molar-refractivity contribution is 9.09. The van der Waals surface area contributed by atoms with Gasteiger partial charge in [0.1, 0.15) is 6.33 Å². The van der Waals surface area contributed by atoms with Crippen molar-refractivity contribution < 1.29 is 0 Å². The summed E-state index contributed by atoms with van der Waals surface area (Å²) in [4.78, 5) is 4.16.